The van der Waals surface area contributed by atoms with Crippen LogP contribution in [0.5, 0.6) is 0 Å². The van der Waals surface area contributed by atoms with E-state index in [9.17, 15) is 0 Å². The van der Waals surface area contributed by atoms with Gasteiger partial charge in [0.1, 0.15) is 0 Å². The lowest BCUT2D eigenvalue weighted by Gasteiger charge is -2.23. The summed E-state index contributed by atoms with van der Waals surface area (Å²) in [5.41, 5.74) is 2.55. The molecule has 0 amide bonds. The van der Waals surface area contributed by atoms with Crippen LogP contribution in [-0.4, -0.2) is 6.54 Å². The van der Waals surface area contributed by atoms with Gasteiger partial charge in [-0.05, 0) is 24.5 Å². The van der Waals surface area contributed by atoms with E-state index < -0.39 is 0 Å². The van der Waals surface area contributed by atoms with E-state index in [0.717, 1.165) is 6.54 Å². The summed E-state index contributed by atoms with van der Waals surface area (Å²) in [5.74, 6) is 0. The summed E-state index contributed by atoms with van der Waals surface area (Å²) in [7, 11) is 0. The Morgan fingerprint density at radius 3 is 2.91 bits per heavy atom. The average Bonchev–Trinajstić information content (AvgIpc) is 2.06. The zero-order valence-electron chi connectivity index (χ0n) is 6.26. The fourth-order valence-corrected chi connectivity index (χ4v) is 1.77. The fourth-order valence-electron chi connectivity index (χ4n) is 1.49. The van der Waals surface area contributed by atoms with E-state index in [1.807, 2.05) is 6.07 Å². The van der Waals surface area contributed by atoms with Crippen molar-refractivity contribution in [2.75, 3.05) is 11.0 Å². The van der Waals surface area contributed by atoms with Crippen LogP contribution < -0.4 is 4.42 Å². The van der Waals surface area contributed by atoms with Gasteiger partial charge in [0.2, 0.25) is 0 Å². The number of nitrogens with zero attached hydrogens (tertiary/aromatic N) is 1. The van der Waals surface area contributed by atoms with Crippen LogP contribution in [-0.2, 0) is 6.42 Å². The van der Waals surface area contributed by atoms with Gasteiger partial charge in [0.15, 0.2) is 0 Å². The average molecular weight is 168 g/mol. The lowest BCUT2D eigenvalue weighted by Crippen LogP contribution is -2.19. The monoisotopic (exact) mass is 167 g/mol. The quantitative estimate of drug-likeness (QED) is 0.537. The number of hydrogen-bond donors (Lipinski definition) is 0. The van der Waals surface area contributed by atoms with Crippen molar-refractivity contribution < 1.29 is 0 Å². The minimum Gasteiger partial charge on any atom is -0.285 e. The molecule has 58 valence electrons. The van der Waals surface area contributed by atoms with Crippen LogP contribution in [0.1, 0.15) is 12.0 Å². The Morgan fingerprint density at radius 2 is 2.09 bits per heavy atom. The molecule has 2 heteroatoms. The second-order valence-corrected chi connectivity index (χ2v) is 3.23. The number of anilines is 1. The molecule has 2 rings (SSSR count). The van der Waals surface area contributed by atoms with E-state index in [1.165, 1.54) is 24.1 Å². The van der Waals surface area contributed by atoms with E-state index in [2.05, 4.69) is 18.2 Å². The molecule has 0 spiro atoms. The summed E-state index contributed by atoms with van der Waals surface area (Å²) in [4.78, 5) is 0. The molecule has 1 nitrogen and oxygen atoms in total. The summed E-state index contributed by atoms with van der Waals surface area (Å²) in [6.07, 6.45) is 2.33. The van der Waals surface area contributed by atoms with Crippen LogP contribution in [0.3, 0.4) is 0 Å². The molecule has 0 bridgehead atoms. The highest BCUT2D eigenvalue weighted by atomic mass is 35.5. The Kier molecular flexibility index (Phi) is 1.74. The van der Waals surface area contributed by atoms with Crippen molar-refractivity contribution >= 4 is 17.5 Å². The minimum atomic E-state index is 0.971. The van der Waals surface area contributed by atoms with Crippen molar-refractivity contribution in [1.82, 2.24) is 0 Å². The smallest absolute Gasteiger partial charge is 0.0555 e. The zero-order valence-corrected chi connectivity index (χ0v) is 7.01. The number of para-hydroxylation sites is 1. The Balaban J connectivity index is 2.44. The predicted octanol–water partition coefficient (Wildman–Crippen LogP) is 2.59. The van der Waals surface area contributed by atoms with Gasteiger partial charge < -0.3 is 0 Å². The summed E-state index contributed by atoms with van der Waals surface area (Å²) < 4.78 is 1.80. The summed E-state index contributed by atoms with van der Waals surface area (Å²) in [6.45, 7) is 0.971. The molecule has 0 fully saturated rings. The van der Waals surface area contributed by atoms with E-state index in [4.69, 9.17) is 11.8 Å². The largest absolute Gasteiger partial charge is 0.285 e. The molecule has 0 N–H and O–H groups in total. The molecule has 0 saturated carbocycles. The van der Waals surface area contributed by atoms with Crippen molar-refractivity contribution in [2.24, 2.45) is 0 Å². The highest BCUT2D eigenvalue weighted by molar-refractivity contribution is 6.25. The third-order valence-corrected chi connectivity index (χ3v) is 2.40. The first-order valence-electron chi connectivity index (χ1n) is 3.89. The Hall–Kier alpha value is -0.690. The maximum Gasteiger partial charge on any atom is 0.0555 e. The van der Waals surface area contributed by atoms with Gasteiger partial charge in [0.05, 0.1) is 5.69 Å². The van der Waals surface area contributed by atoms with Crippen LogP contribution in [0.2, 0.25) is 0 Å². The van der Waals surface area contributed by atoms with Gasteiger partial charge in [-0.2, -0.15) is 0 Å². The van der Waals surface area contributed by atoms with Crippen LogP contribution in [0.25, 0.3) is 0 Å². The molecule has 11 heavy (non-hydrogen) atoms. The third-order valence-electron chi connectivity index (χ3n) is 2.05. The molecule has 0 aliphatic carbocycles. The van der Waals surface area contributed by atoms with Gasteiger partial charge in [0, 0.05) is 18.3 Å². The van der Waals surface area contributed by atoms with Crippen LogP contribution >= 0.6 is 11.8 Å². The number of fused-ring (bicyclic) bond motifs is 1. The van der Waals surface area contributed by atoms with Crippen molar-refractivity contribution in [3.63, 3.8) is 0 Å². The predicted molar refractivity (Wildman–Crippen MR) is 48.0 cm³/mol. The first-order chi connectivity index (χ1) is 5.38. The maximum absolute atomic E-state index is 5.98. The number of rotatable bonds is 0. The molecule has 0 aromatic heterocycles. The molecule has 1 aromatic rings. The number of benzene rings is 1. The molecule has 1 aliphatic heterocycles. The van der Waals surface area contributed by atoms with Gasteiger partial charge in [-0.15, -0.1) is 0 Å². The summed E-state index contributed by atoms with van der Waals surface area (Å²) >= 11 is 5.98. The molecule has 1 aliphatic rings. The standard InChI is InChI=1S/C9H10ClN/c10-11-7-3-5-8-4-1-2-6-9(8)11/h1-2,4,6H,3,5,7H2. The van der Waals surface area contributed by atoms with E-state index in [1.54, 1.807) is 4.42 Å². The normalized spacial score (nSPS) is 16.3. The Morgan fingerprint density at radius 1 is 1.27 bits per heavy atom. The summed E-state index contributed by atoms with van der Waals surface area (Å²) in [6, 6.07) is 8.31. The van der Waals surface area contributed by atoms with Crippen molar-refractivity contribution in [3.8, 4) is 0 Å². The second-order valence-electron chi connectivity index (χ2n) is 2.82. The van der Waals surface area contributed by atoms with Gasteiger partial charge in [-0.1, -0.05) is 18.2 Å². The van der Waals surface area contributed by atoms with Crippen LogP contribution in [0.15, 0.2) is 24.3 Å². The number of halogens is 1. The van der Waals surface area contributed by atoms with E-state index >= 15 is 0 Å². The van der Waals surface area contributed by atoms with Crippen molar-refractivity contribution in [1.29, 1.82) is 0 Å². The van der Waals surface area contributed by atoms with Gasteiger partial charge in [0.25, 0.3) is 0 Å². The van der Waals surface area contributed by atoms with E-state index in [-0.39, 0.29) is 0 Å². The SMILES string of the molecule is ClN1CCCc2ccccc21. The second kappa shape index (κ2) is 2.74. The molecular formula is C9H10ClN. The topological polar surface area (TPSA) is 3.24 Å². The first kappa shape index (κ1) is 6.99. The first-order valence-corrected chi connectivity index (χ1v) is 4.23. The van der Waals surface area contributed by atoms with Crippen LogP contribution in [0, 0.1) is 0 Å². The fraction of sp³-hybridized carbons (Fsp3) is 0.333. The maximum atomic E-state index is 5.98. The summed E-state index contributed by atoms with van der Waals surface area (Å²) in [5, 5.41) is 0. The number of hydrogen-bond acceptors (Lipinski definition) is 1. The minimum absolute atomic E-state index is 0.971. The molecule has 1 heterocycles. The lowest BCUT2D eigenvalue weighted by molar-refractivity contribution is 0.791. The van der Waals surface area contributed by atoms with Gasteiger partial charge in [-0.25, -0.2) is 0 Å². The van der Waals surface area contributed by atoms with E-state index in [0.29, 0.717) is 0 Å². The lowest BCUT2D eigenvalue weighted by atomic mass is 10.0. The molecule has 0 atom stereocenters. The highest BCUT2D eigenvalue weighted by Gasteiger charge is 2.13. The molecule has 1 aromatic carbocycles. The Labute approximate surface area is 71.7 Å². The molecule has 0 saturated heterocycles. The third kappa shape index (κ3) is 1.21. The van der Waals surface area contributed by atoms with Crippen molar-refractivity contribution in [2.45, 2.75) is 12.8 Å². The Bertz CT molecular complexity index is 259. The molecule has 0 unspecified atom stereocenters. The van der Waals surface area contributed by atoms with Gasteiger partial charge in [-0.3, -0.25) is 4.42 Å². The van der Waals surface area contributed by atoms with Crippen LogP contribution in [0.4, 0.5) is 5.69 Å². The molecule has 0 radical (unpaired) electrons. The van der Waals surface area contributed by atoms with Gasteiger partial charge >= 0.3 is 0 Å². The van der Waals surface area contributed by atoms with Crippen molar-refractivity contribution in [3.05, 3.63) is 29.8 Å². The zero-order chi connectivity index (χ0) is 7.68. The highest BCUT2D eigenvalue weighted by Crippen LogP contribution is 2.27. The molecular weight excluding hydrogens is 158 g/mol. The number of aryl methyl sites for hydroxylation is 1.